The molecule has 3 heteroatoms. The minimum absolute atomic E-state index is 0.0467. The summed E-state index contributed by atoms with van der Waals surface area (Å²) in [6, 6.07) is 7.72. The first-order valence-electron chi connectivity index (χ1n) is 6.11. The predicted molar refractivity (Wildman–Crippen MR) is 70.4 cm³/mol. The fourth-order valence-electron chi connectivity index (χ4n) is 1.43. The number of hydrogen-bond acceptors (Lipinski definition) is 3. The molecule has 0 aliphatic heterocycles. The van der Waals surface area contributed by atoms with Gasteiger partial charge in [-0.1, -0.05) is 19.1 Å². The van der Waals surface area contributed by atoms with Crippen molar-refractivity contribution in [2.24, 2.45) is 0 Å². The first-order valence-corrected chi connectivity index (χ1v) is 6.11. The second kappa shape index (κ2) is 6.28. The molecule has 94 valence electrons. The van der Waals surface area contributed by atoms with Crippen molar-refractivity contribution in [3.8, 4) is 0 Å². The normalized spacial score (nSPS) is 12.3. The predicted octanol–water partition coefficient (Wildman–Crippen LogP) is 3.46. The quantitative estimate of drug-likeness (QED) is 0.794. The zero-order valence-corrected chi connectivity index (χ0v) is 11.0. The molecule has 0 aromatic heterocycles. The van der Waals surface area contributed by atoms with Crippen LogP contribution in [0.3, 0.4) is 0 Å². The van der Waals surface area contributed by atoms with E-state index in [2.05, 4.69) is 5.32 Å². The SMILES string of the molecule is CCC(C)OC(=O)c1ccccc1NC(C)C. The highest BCUT2D eigenvalue weighted by molar-refractivity contribution is 5.95. The van der Waals surface area contributed by atoms with Gasteiger partial charge in [-0.25, -0.2) is 4.79 Å². The molecule has 0 aliphatic carbocycles. The van der Waals surface area contributed by atoms with Crippen molar-refractivity contribution in [1.82, 2.24) is 0 Å². The van der Waals surface area contributed by atoms with Crippen molar-refractivity contribution in [2.45, 2.75) is 46.3 Å². The van der Waals surface area contributed by atoms with Crippen molar-refractivity contribution in [1.29, 1.82) is 0 Å². The van der Waals surface area contributed by atoms with E-state index in [9.17, 15) is 4.79 Å². The van der Waals surface area contributed by atoms with Gasteiger partial charge >= 0.3 is 5.97 Å². The van der Waals surface area contributed by atoms with E-state index < -0.39 is 0 Å². The molecule has 0 radical (unpaired) electrons. The Balaban J connectivity index is 2.85. The Hall–Kier alpha value is -1.51. The molecule has 1 rings (SSSR count). The lowest BCUT2D eigenvalue weighted by Crippen LogP contribution is -2.18. The largest absolute Gasteiger partial charge is 0.459 e. The summed E-state index contributed by atoms with van der Waals surface area (Å²) in [5.74, 6) is -0.261. The molecule has 0 bridgehead atoms. The van der Waals surface area contributed by atoms with Crippen molar-refractivity contribution in [3.63, 3.8) is 0 Å². The maximum Gasteiger partial charge on any atom is 0.340 e. The number of rotatable bonds is 5. The number of carbonyl (C=O) groups excluding carboxylic acids is 1. The average molecular weight is 235 g/mol. The van der Waals surface area contributed by atoms with Crippen LogP contribution in [-0.2, 0) is 4.74 Å². The van der Waals surface area contributed by atoms with Crippen LogP contribution >= 0.6 is 0 Å². The van der Waals surface area contributed by atoms with Gasteiger partial charge in [0.25, 0.3) is 0 Å². The summed E-state index contributed by atoms with van der Waals surface area (Å²) in [7, 11) is 0. The van der Waals surface area contributed by atoms with Gasteiger partial charge in [0.15, 0.2) is 0 Å². The van der Waals surface area contributed by atoms with Gasteiger partial charge in [-0.2, -0.15) is 0 Å². The van der Waals surface area contributed by atoms with Crippen molar-refractivity contribution < 1.29 is 9.53 Å². The molecule has 0 fully saturated rings. The Morgan fingerprint density at radius 3 is 2.53 bits per heavy atom. The zero-order chi connectivity index (χ0) is 12.8. The Morgan fingerprint density at radius 2 is 1.94 bits per heavy atom. The molecular weight excluding hydrogens is 214 g/mol. The third-order valence-corrected chi connectivity index (χ3v) is 2.47. The molecule has 0 aliphatic rings. The Bertz CT molecular complexity index is 374. The van der Waals surface area contributed by atoms with E-state index in [1.165, 1.54) is 0 Å². The van der Waals surface area contributed by atoms with Gasteiger partial charge < -0.3 is 10.1 Å². The molecule has 0 amide bonds. The Kier molecular flexibility index (Phi) is 5.01. The van der Waals surface area contributed by atoms with E-state index in [1.54, 1.807) is 6.07 Å². The van der Waals surface area contributed by atoms with E-state index in [4.69, 9.17) is 4.74 Å². The molecule has 0 saturated heterocycles. The fraction of sp³-hybridized carbons (Fsp3) is 0.500. The number of benzene rings is 1. The number of carbonyl (C=O) groups is 1. The fourth-order valence-corrected chi connectivity index (χ4v) is 1.43. The van der Waals surface area contributed by atoms with E-state index in [-0.39, 0.29) is 18.1 Å². The summed E-state index contributed by atoms with van der Waals surface area (Å²) in [6.45, 7) is 7.97. The highest BCUT2D eigenvalue weighted by Gasteiger charge is 2.14. The molecule has 17 heavy (non-hydrogen) atoms. The van der Waals surface area contributed by atoms with Crippen LogP contribution in [0.15, 0.2) is 24.3 Å². The monoisotopic (exact) mass is 235 g/mol. The van der Waals surface area contributed by atoms with E-state index in [0.717, 1.165) is 12.1 Å². The van der Waals surface area contributed by atoms with Crippen LogP contribution in [0.5, 0.6) is 0 Å². The van der Waals surface area contributed by atoms with E-state index in [0.29, 0.717) is 5.56 Å². The van der Waals surface area contributed by atoms with E-state index in [1.807, 2.05) is 45.9 Å². The number of esters is 1. The average Bonchev–Trinajstić information content (AvgIpc) is 2.28. The summed E-state index contributed by atoms with van der Waals surface area (Å²) in [4.78, 5) is 12.0. The third-order valence-electron chi connectivity index (χ3n) is 2.47. The zero-order valence-electron chi connectivity index (χ0n) is 11.0. The smallest absolute Gasteiger partial charge is 0.340 e. The highest BCUT2D eigenvalue weighted by atomic mass is 16.5. The molecule has 1 atom stereocenters. The van der Waals surface area contributed by atoms with Crippen LogP contribution in [0, 0.1) is 0 Å². The molecule has 0 heterocycles. The van der Waals surface area contributed by atoms with Crippen molar-refractivity contribution >= 4 is 11.7 Å². The maximum absolute atomic E-state index is 12.0. The van der Waals surface area contributed by atoms with Crippen molar-refractivity contribution in [3.05, 3.63) is 29.8 Å². The van der Waals surface area contributed by atoms with Crippen LogP contribution in [-0.4, -0.2) is 18.1 Å². The van der Waals surface area contributed by atoms with Crippen LogP contribution in [0.1, 0.15) is 44.5 Å². The first-order chi connectivity index (χ1) is 8.04. The van der Waals surface area contributed by atoms with Crippen LogP contribution < -0.4 is 5.32 Å². The van der Waals surface area contributed by atoms with Gasteiger partial charge in [-0.05, 0) is 39.3 Å². The summed E-state index contributed by atoms with van der Waals surface area (Å²) in [5.41, 5.74) is 1.43. The van der Waals surface area contributed by atoms with Gasteiger partial charge in [0.1, 0.15) is 0 Å². The first kappa shape index (κ1) is 13.6. The molecule has 0 spiro atoms. The summed E-state index contributed by atoms with van der Waals surface area (Å²) in [5, 5.41) is 3.24. The molecule has 1 N–H and O–H groups in total. The maximum atomic E-state index is 12.0. The summed E-state index contributed by atoms with van der Waals surface area (Å²) < 4.78 is 5.33. The molecular formula is C14H21NO2. The summed E-state index contributed by atoms with van der Waals surface area (Å²) >= 11 is 0. The number of hydrogen-bond donors (Lipinski definition) is 1. The molecule has 1 aromatic rings. The van der Waals surface area contributed by atoms with Crippen molar-refractivity contribution in [2.75, 3.05) is 5.32 Å². The number of nitrogens with one attached hydrogen (secondary N) is 1. The third kappa shape index (κ3) is 4.10. The molecule has 1 aromatic carbocycles. The van der Waals surface area contributed by atoms with Crippen LogP contribution in [0.4, 0.5) is 5.69 Å². The van der Waals surface area contributed by atoms with Gasteiger partial charge in [-0.15, -0.1) is 0 Å². The molecule has 0 saturated carbocycles. The number of ether oxygens (including phenoxy) is 1. The minimum atomic E-state index is -0.261. The lowest BCUT2D eigenvalue weighted by atomic mass is 10.1. The van der Waals surface area contributed by atoms with Gasteiger partial charge in [-0.3, -0.25) is 0 Å². The Labute approximate surface area is 103 Å². The van der Waals surface area contributed by atoms with Gasteiger partial charge in [0.2, 0.25) is 0 Å². The standard InChI is InChI=1S/C14H21NO2/c1-5-11(4)17-14(16)12-8-6-7-9-13(12)15-10(2)3/h6-11,15H,5H2,1-4H3. The topological polar surface area (TPSA) is 38.3 Å². The Morgan fingerprint density at radius 1 is 1.29 bits per heavy atom. The van der Waals surface area contributed by atoms with Gasteiger partial charge in [0, 0.05) is 11.7 Å². The molecule has 1 unspecified atom stereocenters. The minimum Gasteiger partial charge on any atom is -0.459 e. The summed E-state index contributed by atoms with van der Waals surface area (Å²) in [6.07, 6.45) is 0.778. The highest BCUT2D eigenvalue weighted by Crippen LogP contribution is 2.18. The van der Waals surface area contributed by atoms with Crippen LogP contribution in [0.2, 0.25) is 0 Å². The number of para-hydroxylation sites is 1. The van der Waals surface area contributed by atoms with Crippen LogP contribution in [0.25, 0.3) is 0 Å². The van der Waals surface area contributed by atoms with E-state index >= 15 is 0 Å². The molecule has 3 nitrogen and oxygen atoms in total. The lowest BCUT2D eigenvalue weighted by molar-refractivity contribution is 0.0335. The second-order valence-corrected chi connectivity index (χ2v) is 4.47. The second-order valence-electron chi connectivity index (χ2n) is 4.47. The number of anilines is 1. The van der Waals surface area contributed by atoms with Gasteiger partial charge in [0.05, 0.1) is 11.7 Å². The lowest BCUT2D eigenvalue weighted by Gasteiger charge is -2.16.